The van der Waals surface area contributed by atoms with Crippen molar-refractivity contribution in [3.05, 3.63) is 0 Å². The SMILES string of the molecule is CCCCCCCCCCCCCCCCCCCCCCCCC(=O)OC[C@H](COP(=O)(O)OCCN)OC(=O)CCCCCCCCCCCCC. The van der Waals surface area contributed by atoms with E-state index >= 15 is 0 Å². The van der Waals surface area contributed by atoms with Crippen LogP contribution in [0.25, 0.3) is 0 Å². The monoisotopic (exact) mass is 790 g/mol. The Kier molecular flexibility index (Phi) is 40.9. The fourth-order valence-electron chi connectivity index (χ4n) is 6.81. The van der Waals surface area contributed by atoms with Crippen LogP contribution in [0.5, 0.6) is 0 Å². The Morgan fingerprint density at radius 1 is 0.481 bits per heavy atom. The highest BCUT2D eigenvalue weighted by molar-refractivity contribution is 7.47. The standard InChI is InChI=1S/C44H88NO8P/c1-3-5-7-9-11-13-15-16-17-18-19-20-21-22-23-24-25-27-28-30-32-34-36-43(46)50-40-42(41-52-54(48,49)51-39-38-45)53-44(47)37-35-33-31-29-26-14-12-10-8-6-4-2/h42H,3-41,45H2,1-2H3,(H,48,49)/t42-/m1/s1. The van der Waals surface area contributed by atoms with Crippen LogP contribution in [0.4, 0.5) is 0 Å². The number of hydrogen-bond acceptors (Lipinski definition) is 8. The number of hydrogen-bond donors (Lipinski definition) is 2. The first-order valence-corrected chi connectivity index (χ1v) is 24.5. The number of phosphoric acid groups is 1. The van der Waals surface area contributed by atoms with E-state index in [1.807, 2.05) is 0 Å². The van der Waals surface area contributed by atoms with Gasteiger partial charge in [-0.15, -0.1) is 0 Å². The predicted molar refractivity (Wildman–Crippen MR) is 225 cm³/mol. The first kappa shape index (κ1) is 53.0. The molecular weight excluding hydrogens is 701 g/mol. The molecule has 10 heteroatoms. The van der Waals surface area contributed by atoms with Crippen molar-refractivity contribution in [3.8, 4) is 0 Å². The van der Waals surface area contributed by atoms with E-state index < -0.39 is 26.5 Å². The molecule has 54 heavy (non-hydrogen) atoms. The highest BCUT2D eigenvalue weighted by Crippen LogP contribution is 2.43. The van der Waals surface area contributed by atoms with E-state index in [4.69, 9.17) is 24.3 Å². The molecule has 0 radical (unpaired) electrons. The van der Waals surface area contributed by atoms with Crippen molar-refractivity contribution < 1.29 is 37.6 Å². The van der Waals surface area contributed by atoms with Crippen molar-refractivity contribution >= 4 is 19.8 Å². The van der Waals surface area contributed by atoms with Gasteiger partial charge in [-0.2, -0.15) is 0 Å². The van der Waals surface area contributed by atoms with Crippen molar-refractivity contribution in [2.45, 2.75) is 245 Å². The average molecular weight is 790 g/mol. The van der Waals surface area contributed by atoms with Crippen LogP contribution in [0.15, 0.2) is 0 Å². The lowest BCUT2D eigenvalue weighted by atomic mass is 10.0. The molecule has 0 aliphatic heterocycles. The summed E-state index contributed by atoms with van der Waals surface area (Å²) in [5.41, 5.74) is 5.35. The zero-order chi connectivity index (χ0) is 39.6. The number of carbonyl (C=O) groups excluding carboxylic acids is 2. The Labute approximate surface area is 333 Å². The largest absolute Gasteiger partial charge is 0.472 e. The van der Waals surface area contributed by atoms with Crippen molar-refractivity contribution in [3.63, 3.8) is 0 Å². The van der Waals surface area contributed by atoms with Crippen molar-refractivity contribution in [1.82, 2.24) is 0 Å². The highest BCUT2D eigenvalue weighted by Gasteiger charge is 2.26. The molecule has 0 aromatic carbocycles. The Morgan fingerprint density at radius 3 is 1.13 bits per heavy atom. The number of esters is 2. The topological polar surface area (TPSA) is 134 Å². The van der Waals surface area contributed by atoms with Gasteiger partial charge in [0.15, 0.2) is 6.10 Å². The minimum atomic E-state index is -4.37. The molecular formula is C44H88NO8P. The van der Waals surface area contributed by atoms with Gasteiger partial charge in [0.1, 0.15) is 6.61 Å². The Morgan fingerprint density at radius 2 is 0.796 bits per heavy atom. The molecule has 0 saturated heterocycles. The second-order valence-electron chi connectivity index (χ2n) is 15.6. The summed E-state index contributed by atoms with van der Waals surface area (Å²) in [5.74, 6) is -0.813. The zero-order valence-electron chi connectivity index (χ0n) is 35.5. The summed E-state index contributed by atoms with van der Waals surface area (Å²) in [7, 11) is -4.37. The molecule has 0 spiro atoms. The Hall–Kier alpha value is -0.990. The molecule has 3 N–H and O–H groups in total. The van der Waals surface area contributed by atoms with Gasteiger partial charge in [0.05, 0.1) is 13.2 Å². The second-order valence-corrected chi connectivity index (χ2v) is 17.1. The molecule has 0 fully saturated rings. The van der Waals surface area contributed by atoms with Gasteiger partial charge in [-0.1, -0.05) is 213 Å². The van der Waals surface area contributed by atoms with Crippen LogP contribution < -0.4 is 5.73 Å². The summed E-state index contributed by atoms with van der Waals surface area (Å²) in [4.78, 5) is 34.8. The van der Waals surface area contributed by atoms with Crippen LogP contribution in [0, 0.1) is 0 Å². The minimum Gasteiger partial charge on any atom is -0.462 e. The number of ether oxygens (including phenoxy) is 2. The first-order chi connectivity index (χ1) is 26.3. The Bertz CT molecular complexity index is 860. The summed E-state index contributed by atoms with van der Waals surface area (Å²) in [6, 6.07) is 0. The van der Waals surface area contributed by atoms with Gasteiger partial charge in [-0.05, 0) is 12.8 Å². The summed E-state index contributed by atoms with van der Waals surface area (Å²) in [6.07, 6.45) is 41.4. The molecule has 0 aliphatic carbocycles. The minimum absolute atomic E-state index is 0.0580. The third-order valence-electron chi connectivity index (χ3n) is 10.2. The quantitative estimate of drug-likeness (QED) is 0.0351. The summed E-state index contributed by atoms with van der Waals surface area (Å²) >= 11 is 0. The van der Waals surface area contributed by atoms with Crippen LogP contribution in [-0.2, 0) is 32.7 Å². The van der Waals surface area contributed by atoms with E-state index in [9.17, 15) is 19.0 Å². The fraction of sp³-hybridized carbons (Fsp3) is 0.955. The lowest BCUT2D eigenvalue weighted by Crippen LogP contribution is -2.29. The van der Waals surface area contributed by atoms with Gasteiger partial charge < -0.3 is 20.1 Å². The summed E-state index contributed by atoms with van der Waals surface area (Å²) < 4.78 is 32.8. The van der Waals surface area contributed by atoms with Gasteiger partial charge in [0.2, 0.25) is 0 Å². The molecule has 0 aromatic heterocycles. The number of nitrogens with two attached hydrogens (primary N) is 1. The van der Waals surface area contributed by atoms with E-state index in [2.05, 4.69) is 13.8 Å². The van der Waals surface area contributed by atoms with Gasteiger partial charge in [-0.3, -0.25) is 18.6 Å². The third-order valence-corrected chi connectivity index (χ3v) is 11.2. The van der Waals surface area contributed by atoms with Crippen molar-refractivity contribution in [2.75, 3.05) is 26.4 Å². The average Bonchev–Trinajstić information content (AvgIpc) is 3.16. The van der Waals surface area contributed by atoms with Crippen molar-refractivity contribution in [2.24, 2.45) is 5.73 Å². The Balaban J connectivity index is 3.96. The van der Waals surface area contributed by atoms with Crippen LogP contribution >= 0.6 is 7.82 Å². The van der Waals surface area contributed by atoms with Crippen LogP contribution in [0.2, 0.25) is 0 Å². The maximum absolute atomic E-state index is 12.5. The van der Waals surface area contributed by atoms with Gasteiger partial charge >= 0.3 is 19.8 Å². The maximum atomic E-state index is 12.5. The molecule has 0 saturated carbocycles. The van der Waals surface area contributed by atoms with E-state index in [1.54, 1.807) is 0 Å². The molecule has 0 aromatic rings. The number of phosphoric ester groups is 1. The smallest absolute Gasteiger partial charge is 0.462 e. The van der Waals surface area contributed by atoms with Crippen LogP contribution in [-0.4, -0.2) is 49.3 Å². The molecule has 9 nitrogen and oxygen atoms in total. The third kappa shape index (κ3) is 40.7. The fourth-order valence-corrected chi connectivity index (χ4v) is 7.58. The van der Waals surface area contributed by atoms with Gasteiger partial charge in [0, 0.05) is 19.4 Å². The van der Waals surface area contributed by atoms with Crippen molar-refractivity contribution in [1.29, 1.82) is 0 Å². The van der Waals surface area contributed by atoms with Gasteiger partial charge in [0.25, 0.3) is 0 Å². The van der Waals surface area contributed by atoms with Gasteiger partial charge in [-0.25, -0.2) is 4.57 Å². The van der Waals surface area contributed by atoms with Crippen LogP contribution in [0.3, 0.4) is 0 Å². The number of carbonyl (C=O) groups is 2. The molecule has 0 bridgehead atoms. The first-order valence-electron chi connectivity index (χ1n) is 23.0. The van der Waals surface area contributed by atoms with E-state index in [1.165, 1.54) is 173 Å². The summed E-state index contributed by atoms with van der Waals surface area (Å²) in [5, 5.41) is 0. The zero-order valence-corrected chi connectivity index (χ0v) is 36.4. The number of rotatable bonds is 44. The second kappa shape index (κ2) is 41.6. The molecule has 2 atom stereocenters. The maximum Gasteiger partial charge on any atom is 0.472 e. The van der Waals surface area contributed by atoms with Crippen LogP contribution in [0.1, 0.15) is 239 Å². The van der Waals surface area contributed by atoms with E-state index in [-0.39, 0.29) is 38.6 Å². The number of unbranched alkanes of at least 4 members (excludes halogenated alkanes) is 31. The predicted octanol–water partition coefficient (Wildman–Crippen LogP) is 13.2. The van der Waals surface area contributed by atoms with E-state index in [0.29, 0.717) is 6.42 Å². The molecule has 0 aliphatic rings. The molecule has 322 valence electrons. The summed E-state index contributed by atoms with van der Waals surface area (Å²) in [6.45, 7) is 3.77. The normalized spacial score (nSPS) is 13.2. The molecule has 1 unspecified atom stereocenters. The highest BCUT2D eigenvalue weighted by atomic mass is 31.2. The molecule has 0 heterocycles. The molecule has 0 rings (SSSR count). The van der Waals surface area contributed by atoms with E-state index in [0.717, 1.165) is 32.1 Å². The lowest BCUT2D eigenvalue weighted by Gasteiger charge is -2.19. The molecule has 0 amide bonds. The lowest BCUT2D eigenvalue weighted by molar-refractivity contribution is -0.161.